The molecule has 0 amide bonds. The molecular weight excluding hydrogens is 216 g/mol. The number of ether oxygens (including phenoxy) is 2. The van der Waals surface area contributed by atoms with Gasteiger partial charge in [0, 0.05) is 6.42 Å². The van der Waals surface area contributed by atoms with Gasteiger partial charge in [-0.15, -0.1) is 0 Å². The number of carbonyl (C=O) groups excluding carboxylic acids is 1. The fourth-order valence-corrected chi connectivity index (χ4v) is 2.03. The summed E-state index contributed by atoms with van der Waals surface area (Å²) in [5.41, 5.74) is 2.24. The highest BCUT2D eigenvalue weighted by molar-refractivity contribution is 5.94. The molecule has 1 aromatic carbocycles. The molecule has 0 radical (unpaired) electrons. The summed E-state index contributed by atoms with van der Waals surface area (Å²) in [4.78, 5) is 11.4. The van der Waals surface area contributed by atoms with Crippen molar-refractivity contribution in [2.75, 3.05) is 14.2 Å². The molecule has 17 heavy (non-hydrogen) atoms. The summed E-state index contributed by atoms with van der Waals surface area (Å²) in [6.45, 7) is 0. The SMILES string of the molecule is COc1cc2c(cc1OC)CCCC(=O)/C=C\2. The van der Waals surface area contributed by atoms with Crippen molar-refractivity contribution in [1.82, 2.24) is 0 Å². The molecule has 0 spiro atoms. The first-order chi connectivity index (χ1) is 8.24. The molecule has 0 atom stereocenters. The molecule has 0 saturated carbocycles. The van der Waals surface area contributed by atoms with E-state index in [1.807, 2.05) is 18.2 Å². The lowest BCUT2D eigenvalue weighted by atomic mass is 9.96. The Morgan fingerprint density at radius 1 is 1.00 bits per heavy atom. The third kappa shape index (κ3) is 2.49. The van der Waals surface area contributed by atoms with Gasteiger partial charge in [0.05, 0.1) is 14.2 Å². The fraction of sp³-hybridized carbons (Fsp3) is 0.357. The molecule has 0 unspecified atom stereocenters. The minimum absolute atomic E-state index is 0.186. The van der Waals surface area contributed by atoms with E-state index in [0.29, 0.717) is 12.2 Å². The molecule has 1 aliphatic carbocycles. The molecule has 0 bridgehead atoms. The highest BCUT2D eigenvalue weighted by Gasteiger charge is 2.12. The van der Waals surface area contributed by atoms with Gasteiger partial charge in [-0.2, -0.15) is 0 Å². The zero-order chi connectivity index (χ0) is 12.3. The molecular formula is C14H16O3. The zero-order valence-corrected chi connectivity index (χ0v) is 10.2. The number of allylic oxidation sites excluding steroid dienone is 1. The van der Waals surface area contributed by atoms with E-state index >= 15 is 0 Å². The Balaban J connectivity index is 2.47. The Kier molecular flexibility index (Phi) is 3.47. The number of hydrogen-bond donors (Lipinski definition) is 0. The molecule has 0 N–H and O–H groups in total. The van der Waals surface area contributed by atoms with Gasteiger partial charge in [-0.05, 0) is 42.2 Å². The largest absolute Gasteiger partial charge is 0.493 e. The van der Waals surface area contributed by atoms with Crippen molar-refractivity contribution >= 4 is 11.9 Å². The summed E-state index contributed by atoms with van der Waals surface area (Å²) in [5, 5.41) is 0. The molecule has 0 aliphatic heterocycles. The summed E-state index contributed by atoms with van der Waals surface area (Å²) in [6.07, 6.45) is 5.89. The number of benzene rings is 1. The number of fused-ring (bicyclic) bond motifs is 1. The summed E-state index contributed by atoms with van der Waals surface area (Å²) in [5.74, 6) is 1.63. The maximum atomic E-state index is 11.4. The van der Waals surface area contributed by atoms with Gasteiger partial charge in [-0.3, -0.25) is 4.79 Å². The number of ketones is 1. The summed E-state index contributed by atoms with van der Waals surface area (Å²) in [7, 11) is 3.24. The number of carbonyl (C=O) groups is 1. The van der Waals surface area contributed by atoms with Crippen molar-refractivity contribution in [3.63, 3.8) is 0 Å². The van der Waals surface area contributed by atoms with Crippen molar-refractivity contribution in [1.29, 1.82) is 0 Å². The van der Waals surface area contributed by atoms with E-state index in [9.17, 15) is 4.79 Å². The number of methoxy groups -OCH3 is 2. The molecule has 0 aromatic heterocycles. The van der Waals surface area contributed by atoms with Crippen LogP contribution in [0.1, 0.15) is 24.0 Å². The van der Waals surface area contributed by atoms with E-state index in [4.69, 9.17) is 9.47 Å². The van der Waals surface area contributed by atoms with E-state index in [-0.39, 0.29) is 5.78 Å². The van der Waals surface area contributed by atoms with Crippen LogP contribution in [0.5, 0.6) is 11.5 Å². The number of hydrogen-bond acceptors (Lipinski definition) is 3. The predicted octanol–water partition coefficient (Wildman–Crippen LogP) is 2.62. The van der Waals surface area contributed by atoms with E-state index < -0.39 is 0 Å². The summed E-state index contributed by atoms with van der Waals surface area (Å²) < 4.78 is 10.5. The Hall–Kier alpha value is -1.77. The van der Waals surface area contributed by atoms with E-state index in [0.717, 1.165) is 24.2 Å². The van der Waals surface area contributed by atoms with Gasteiger partial charge in [-0.25, -0.2) is 0 Å². The molecule has 1 aliphatic rings. The van der Waals surface area contributed by atoms with Crippen LogP contribution < -0.4 is 9.47 Å². The fourth-order valence-electron chi connectivity index (χ4n) is 2.03. The Morgan fingerprint density at radius 2 is 1.71 bits per heavy atom. The van der Waals surface area contributed by atoms with Gasteiger partial charge in [0.25, 0.3) is 0 Å². The Morgan fingerprint density at radius 3 is 2.41 bits per heavy atom. The van der Waals surface area contributed by atoms with E-state index in [2.05, 4.69) is 0 Å². The monoisotopic (exact) mass is 232 g/mol. The highest BCUT2D eigenvalue weighted by atomic mass is 16.5. The standard InChI is InChI=1S/C14H16O3/c1-16-13-8-10-4-3-5-12(15)7-6-11(10)9-14(13)17-2/h6-9H,3-5H2,1-2H3/b7-6-. The minimum atomic E-state index is 0.186. The maximum absolute atomic E-state index is 11.4. The van der Waals surface area contributed by atoms with Gasteiger partial charge in [0.15, 0.2) is 17.3 Å². The van der Waals surface area contributed by atoms with Crippen molar-refractivity contribution in [2.45, 2.75) is 19.3 Å². The summed E-state index contributed by atoms with van der Waals surface area (Å²) in [6, 6.07) is 3.91. The maximum Gasteiger partial charge on any atom is 0.161 e. The van der Waals surface area contributed by atoms with Gasteiger partial charge in [0.1, 0.15) is 0 Å². The zero-order valence-electron chi connectivity index (χ0n) is 10.2. The molecule has 90 valence electrons. The number of aryl methyl sites for hydroxylation is 1. The third-order valence-electron chi connectivity index (χ3n) is 2.96. The van der Waals surface area contributed by atoms with Crippen LogP contribution in [-0.4, -0.2) is 20.0 Å². The van der Waals surface area contributed by atoms with Crippen LogP contribution in [-0.2, 0) is 11.2 Å². The third-order valence-corrected chi connectivity index (χ3v) is 2.96. The van der Waals surface area contributed by atoms with Crippen molar-refractivity contribution < 1.29 is 14.3 Å². The second kappa shape index (κ2) is 5.04. The molecule has 0 fully saturated rings. The lowest BCUT2D eigenvalue weighted by Crippen LogP contribution is -2.01. The Labute approximate surface area is 101 Å². The smallest absolute Gasteiger partial charge is 0.161 e. The lowest BCUT2D eigenvalue weighted by molar-refractivity contribution is -0.114. The Bertz CT molecular complexity index is 461. The second-order valence-corrected chi connectivity index (χ2v) is 4.06. The van der Waals surface area contributed by atoms with Crippen LogP contribution in [0, 0.1) is 0 Å². The molecule has 0 saturated heterocycles. The molecule has 3 heteroatoms. The average molecular weight is 232 g/mol. The van der Waals surface area contributed by atoms with Crippen LogP contribution in [0.15, 0.2) is 18.2 Å². The van der Waals surface area contributed by atoms with Gasteiger partial charge in [-0.1, -0.05) is 6.08 Å². The van der Waals surface area contributed by atoms with Crippen LogP contribution in [0.2, 0.25) is 0 Å². The topological polar surface area (TPSA) is 35.5 Å². The highest BCUT2D eigenvalue weighted by Crippen LogP contribution is 2.32. The molecule has 0 heterocycles. The van der Waals surface area contributed by atoms with Crippen molar-refractivity contribution in [3.8, 4) is 11.5 Å². The van der Waals surface area contributed by atoms with Crippen LogP contribution in [0.4, 0.5) is 0 Å². The first-order valence-electron chi connectivity index (χ1n) is 5.70. The van der Waals surface area contributed by atoms with Crippen LogP contribution in [0.3, 0.4) is 0 Å². The van der Waals surface area contributed by atoms with Gasteiger partial charge < -0.3 is 9.47 Å². The quantitative estimate of drug-likeness (QED) is 0.786. The molecule has 3 nitrogen and oxygen atoms in total. The number of rotatable bonds is 2. The van der Waals surface area contributed by atoms with E-state index in [1.165, 1.54) is 5.56 Å². The van der Waals surface area contributed by atoms with Crippen LogP contribution in [0.25, 0.3) is 6.08 Å². The lowest BCUT2D eigenvalue weighted by Gasteiger charge is -2.14. The molecule has 2 rings (SSSR count). The summed E-state index contributed by atoms with van der Waals surface area (Å²) >= 11 is 0. The molecule has 1 aromatic rings. The van der Waals surface area contributed by atoms with Gasteiger partial charge >= 0.3 is 0 Å². The first-order valence-corrected chi connectivity index (χ1v) is 5.70. The van der Waals surface area contributed by atoms with E-state index in [1.54, 1.807) is 20.3 Å². The van der Waals surface area contributed by atoms with Crippen molar-refractivity contribution in [3.05, 3.63) is 29.3 Å². The minimum Gasteiger partial charge on any atom is -0.493 e. The second-order valence-electron chi connectivity index (χ2n) is 4.06. The van der Waals surface area contributed by atoms with Crippen molar-refractivity contribution in [2.24, 2.45) is 0 Å². The van der Waals surface area contributed by atoms with Gasteiger partial charge in [0.2, 0.25) is 0 Å². The van der Waals surface area contributed by atoms with Crippen LogP contribution >= 0.6 is 0 Å². The normalized spacial score (nSPS) is 16.7. The average Bonchev–Trinajstić information content (AvgIpc) is 2.34. The first kappa shape index (κ1) is 11.7. The predicted molar refractivity (Wildman–Crippen MR) is 66.5 cm³/mol.